The molecule has 0 aliphatic rings. The molecule has 1 atom stereocenters. The molecule has 0 heterocycles. The summed E-state index contributed by atoms with van der Waals surface area (Å²) in [6.45, 7) is 2.12. The van der Waals surface area contributed by atoms with Gasteiger partial charge in [0.1, 0.15) is 0 Å². The number of rotatable bonds is 7. The molecule has 0 aromatic heterocycles. The first kappa shape index (κ1) is 14.0. The monoisotopic (exact) mass is 240 g/mol. The Kier molecular flexibility index (Phi) is 5.98. The van der Waals surface area contributed by atoms with E-state index in [1.165, 1.54) is 7.11 Å². The van der Waals surface area contributed by atoms with Crippen LogP contribution >= 0.6 is 0 Å². The zero-order chi connectivity index (χ0) is 12.7. The summed E-state index contributed by atoms with van der Waals surface area (Å²) in [7, 11) is 1.44. The van der Waals surface area contributed by atoms with E-state index in [-0.39, 0.29) is 11.6 Å². The van der Waals surface area contributed by atoms with E-state index in [0.717, 1.165) is 25.7 Å². The lowest BCUT2D eigenvalue weighted by Gasteiger charge is -2.12. The Labute approximate surface area is 102 Å². The summed E-state index contributed by atoms with van der Waals surface area (Å²) in [5.74, 6) is -0.118. The number of ether oxygens (including phenoxy) is 1. The van der Waals surface area contributed by atoms with Gasteiger partial charge in [-0.1, -0.05) is 38.3 Å². The van der Waals surface area contributed by atoms with Crippen LogP contribution in [0.4, 0.5) is 4.39 Å². The minimum absolute atomic E-state index is 0.239. The standard InChI is InChI=1S/C14H21FO2/c1-3-4-5-8-12(16)10-11-7-6-9-13(17-2)14(11)15/h6-7,9,12,16H,3-5,8,10H2,1-2H3. The summed E-state index contributed by atoms with van der Waals surface area (Å²) < 4.78 is 18.7. The molecule has 1 aromatic carbocycles. The second-order valence-corrected chi connectivity index (χ2v) is 4.29. The Balaban J connectivity index is 2.55. The van der Waals surface area contributed by atoms with Crippen LogP contribution in [0.1, 0.15) is 38.2 Å². The van der Waals surface area contributed by atoms with Gasteiger partial charge in [0.15, 0.2) is 11.6 Å². The molecule has 0 radical (unpaired) electrons. The van der Waals surface area contributed by atoms with Crippen molar-refractivity contribution in [1.29, 1.82) is 0 Å². The maximum atomic E-state index is 13.8. The number of methoxy groups -OCH3 is 1. The lowest BCUT2D eigenvalue weighted by molar-refractivity contribution is 0.159. The highest BCUT2D eigenvalue weighted by molar-refractivity contribution is 5.31. The van der Waals surface area contributed by atoms with Gasteiger partial charge in [0.2, 0.25) is 0 Å². The largest absolute Gasteiger partial charge is 0.494 e. The summed E-state index contributed by atoms with van der Waals surface area (Å²) in [5, 5.41) is 9.81. The van der Waals surface area contributed by atoms with Crippen LogP contribution in [0.25, 0.3) is 0 Å². The number of halogens is 1. The van der Waals surface area contributed by atoms with Crippen molar-refractivity contribution in [2.75, 3.05) is 7.11 Å². The predicted octanol–water partition coefficient (Wildman–Crippen LogP) is 3.32. The van der Waals surface area contributed by atoms with Crippen LogP contribution in [0, 0.1) is 5.82 Å². The normalized spacial score (nSPS) is 12.5. The molecule has 0 aliphatic carbocycles. The summed E-state index contributed by atoms with van der Waals surface area (Å²) in [6, 6.07) is 5.03. The molecule has 1 rings (SSSR count). The Hall–Kier alpha value is -1.09. The van der Waals surface area contributed by atoms with Crippen LogP contribution in [0.3, 0.4) is 0 Å². The van der Waals surface area contributed by atoms with Crippen LogP contribution in [0.15, 0.2) is 18.2 Å². The van der Waals surface area contributed by atoms with Gasteiger partial charge >= 0.3 is 0 Å². The van der Waals surface area contributed by atoms with Crippen LogP contribution in [0.2, 0.25) is 0 Å². The van der Waals surface area contributed by atoms with E-state index in [2.05, 4.69) is 6.92 Å². The highest BCUT2D eigenvalue weighted by Gasteiger charge is 2.12. The summed E-state index contributed by atoms with van der Waals surface area (Å²) >= 11 is 0. The van der Waals surface area contributed by atoms with Gasteiger partial charge in [0.05, 0.1) is 13.2 Å². The molecular formula is C14H21FO2. The van der Waals surface area contributed by atoms with E-state index >= 15 is 0 Å². The molecule has 0 saturated heterocycles. The second kappa shape index (κ2) is 7.28. The van der Waals surface area contributed by atoms with Gasteiger partial charge in [-0.2, -0.15) is 0 Å². The fraction of sp³-hybridized carbons (Fsp3) is 0.571. The average molecular weight is 240 g/mol. The minimum Gasteiger partial charge on any atom is -0.494 e. The van der Waals surface area contributed by atoms with E-state index in [1.807, 2.05) is 0 Å². The Morgan fingerprint density at radius 3 is 2.76 bits per heavy atom. The Bertz CT molecular complexity index is 339. The fourth-order valence-electron chi connectivity index (χ4n) is 1.86. The lowest BCUT2D eigenvalue weighted by atomic mass is 10.0. The van der Waals surface area contributed by atoms with Gasteiger partial charge in [-0.15, -0.1) is 0 Å². The number of aliphatic hydroxyl groups excluding tert-OH is 1. The molecule has 0 spiro atoms. The molecular weight excluding hydrogens is 219 g/mol. The van der Waals surface area contributed by atoms with Crippen molar-refractivity contribution in [3.8, 4) is 5.75 Å². The zero-order valence-electron chi connectivity index (χ0n) is 10.6. The SMILES string of the molecule is CCCCCC(O)Cc1cccc(OC)c1F. The number of unbranched alkanes of at least 4 members (excludes halogenated alkanes) is 2. The molecule has 96 valence electrons. The van der Waals surface area contributed by atoms with Crippen molar-refractivity contribution in [3.63, 3.8) is 0 Å². The van der Waals surface area contributed by atoms with Crippen molar-refractivity contribution >= 4 is 0 Å². The third kappa shape index (κ3) is 4.35. The van der Waals surface area contributed by atoms with E-state index < -0.39 is 6.10 Å². The maximum Gasteiger partial charge on any atom is 0.168 e. The molecule has 1 unspecified atom stereocenters. The van der Waals surface area contributed by atoms with Gasteiger partial charge in [-0.3, -0.25) is 0 Å². The molecule has 3 heteroatoms. The van der Waals surface area contributed by atoms with E-state index in [9.17, 15) is 9.50 Å². The van der Waals surface area contributed by atoms with Crippen molar-refractivity contribution in [1.82, 2.24) is 0 Å². The van der Waals surface area contributed by atoms with Crippen LogP contribution in [0.5, 0.6) is 5.75 Å². The van der Waals surface area contributed by atoms with Gasteiger partial charge in [0.25, 0.3) is 0 Å². The van der Waals surface area contributed by atoms with E-state index in [1.54, 1.807) is 18.2 Å². The molecule has 0 aliphatic heterocycles. The van der Waals surface area contributed by atoms with Crippen molar-refractivity contribution in [2.45, 2.75) is 45.1 Å². The summed E-state index contributed by atoms with van der Waals surface area (Å²) in [4.78, 5) is 0. The van der Waals surface area contributed by atoms with Crippen molar-refractivity contribution < 1.29 is 14.2 Å². The summed E-state index contributed by atoms with van der Waals surface area (Å²) in [5.41, 5.74) is 0.522. The first-order valence-corrected chi connectivity index (χ1v) is 6.18. The van der Waals surface area contributed by atoms with Crippen molar-refractivity contribution in [2.24, 2.45) is 0 Å². The molecule has 1 N–H and O–H groups in total. The second-order valence-electron chi connectivity index (χ2n) is 4.29. The van der Waals surface area contributed by atoms with Gasteiger partial charge < -0.3 is 9.84 Å². The van der Waals surface area contributed by atoms with Crippen LogP contribution in [-0.4, -0.2) is 18.3 Å². The average Bonchev–Trinajstić information content (AvgIpc) is 2.32. The molecule has 2 nitrogen and oxygen atoms in total. The first-order chi connectivity index (χ1) is 8.19. The lowest BCUT2D eigenvalue weighted by Crippen LogP contribution is -2.11. The molecule has 0 fully saturated rings. The Morgan fingerprint density at radius 2 is 2.12 bits per heavy atom. The highest BCUT2D eigenvalue weighted by Crippen LogP contribution is 2.21. The van der Waals surface area contributed by atoms with Gasteiger partial charge in [0, 0.05) is 6.42 Å². The number of hydrogen-bond acceptors (Lipinski definition) is 2. The Morgan fingerprint density at radius 1 is 1.35 bits per heavy atom. The van der Waals surface area contributed by atoms with Crippen molar-refractivity contribution in [3.05, 3.63) is 29.6 Å². The number of benzene rings is 1. The molecule has 1 aromatic rings. The first-order valence-electron chi connectivity index (χ1n) is 6.18. The smallest absolute Gasteiger partial charge is 0.168 e. The number of aliphatic hydroxyl groups is 1. The predicted molar refractivity (Wildman–Crippen MR) is 66.8 cm³/mol. The minimum atomic E-state index is -0.469. The van der Waals surface area contributed by atoms with E-state index in [4.69, 9.17) is 4.74 Å². The quantitative estimate of drug-likeness (QED) is 0.741. The zero-order valence-corrected chi connectivity index (χ0v) is 10.6. The fourth-order valence-corrected chi connectivity index (χ4v) is 1.86. The summed E-state index contributed by atoms with van der Waals surface area (Å²) in [6.07, 6.45) is 3.83. The van der Waals surface area contributed by atoms with E-state index in [0.29, 0.717) is 12.0 Å². The molecule has 0 saturated carbocycles. The van der Waals surface area contributed by atoms with Gasteiger partial charge in [-0.25, -0.2) is 4.39 Å². The molecule has 0 amide bonds. The third-order valence-electron chi connectivity index (χ3n) is 2.86. The molecule has 17 heavy (non-hydrogen) atoms. The topological polar surface area (TPSA) is 29.5 Å². The maximum absolute atomic E-state index is 13.8. The van der Waals surface area contributed by atoms with Crippen LogP contribution < -0.4 is 4.74 Å². The molecule has 0 bridgehead atoms. The highest BCUT2D eigenvalue weighted by atomic mass is 19.1. The third-order valence-corrected chi connectivity index (χ3v) is 2.86. The van der Waals surface area contributed by atoms with Crippen LogP contribution in [-0.2, 0) is 6.42 Å². The number of hydrogen-bond donors (Lipinski definition) is 1. The van der Waals surface area contributed by atoms with Gasteiger partial charge in [-0.05, 0) is 18.1 Å².